The Hall–Kier alpha value is -4.30. The molecule has 0 bridgehead atoms. The molecular weight excluding hydrogens is 576 g/mol. The minimum absolute atomic E-state index is 0.119. The lowest BCUT2D eigenvalue weighted by Crippen LogP contribution is -2.53. The van der Waals surface area contributed by atoms with E-state index in [0.29, 0.717) is 24.9 Å². The highest BCUT2D eigenvalue weighted by atomic mass is 16.6. The van der Waals surface area contributed by atoms with Crippen LogP contribution in [0.15, 0.2) is 24.3 Å². The fraction of sp³-hybridized carbons (Fsp3) is 0.533. The zero-order chi connectivity index (χ0) is 33.4. The smallest absolute Gasteiger partial charge is 0.379 e. The number of nitrogens with one attached hydrogen (secondary N) is 2. The van der Waals surface area contributed by atoms with Crippen LogP contribution in [0.5, 0.6) is 0 Å². The molecule has 1 aliphatic heterocycles. The number of amidine groups is 1. The largest absolute Gasteiger partial charge is 0.457 e. The molecule has 4 N–H and O–H groups in total. The molecule has 4 atom stereocenters. The molecule has 2 amide bonds. The number of nitrogens with zero attached hydrogens (tertiary/aromatic N) is 1. The number of likely N-dealkylation sites (tertiary alicyclic amines) is 1. The second-order valence-electron chi connectivity index (χ2n) is 12.4. The van der Waals surface area contributed by atoms with Crippen LogP contribution in [-0.2, 0) is 43.0 Å². The lowest BCUT2D eigenvalue weighted by Gasteiger charge is -2.45. The number of aldehydes is 2. The first-order valence-corrected chi connectivity index (χ1v) is 14.0. The quantitative estimate of drug-likeness (QED) is 0.0844. The molecule has 1 heterocycles. The maximum atomic E-state index is 13.5. The molecular formula is C30H40N4O10. The van der Waals surface area contributed by atoms with E-state index in [4.69, 9.17) is 20.6 Å². The second kappa shape index (κ2) is 14.9. The van der Waals surface area contributed by atoms with Gasteiger partial charge in [-0.25, -0.2) is 14.4 Å². The van der Waals surface area contributed by atoms with E-state index in [1.165, 1.54) is 24.3 Å². The molecule has 0 aromatic heterocycles. The Morgan fingerprint density at radius 3 is 2.09 bits per heavy atom. The van der Waals surface area contributed by atoms with Crippen molar-refractivity contribution in [3.8, 4) is 0 Å². The van der Waals surface area contributed by atoms with E-state index in [2.05, 4.69) is 10.1 Å². The first-order chi connectivity index (χ1) is 20.4. The van der Waals surface area contributed by atoms with Gasteiger partial charge in [0.2, 0.25) is 18.5 Å². The van der Waals surface area contributed by atoms with Crippen LogP contribution in [0.4, 0.5) is 0 Å². The summed E-state index contributed by atoms with van der Waals surface area (Å²) in [6.45, 7) is 11.1. The third-order valence-electron chi connectivity index (χ3n) is 6.72. The van der Waals surface area contributed by atoms with Gasteiger partial charge in [0.1, 0.15) is 11.9 Å². The summed E-state index contributed by atoms with van der Waals surface area (Å²) in [7, 11) is 0. The zero-order valence-electron chi connectivity index (χ0n) is 25.7. The molecule has 1 fully saturated rings. The van der Waals surface area contributed by atoms with E-state index in [0.717, 1.165) is 0 Å². The number of carbonyl (C=O) groups is 7. The van der Waals surface area contributed by atoms with Gasteiger partial charge in [0.25, 0.3) is 5.91 Å². The lowest BCUT2D eigenvalue weighted by atomic mass is 9.79. The first-order valence-electron chi connectivity index (χ1n) is 14.0. The number of piperidine rings is 1. The second-order valence-corrected chi connectivity index (χ2v) is 12.4. The van der Waals surface area contributed by atoms with E-state index < -0.39 is 54.1 Å². The fourth-order valence-corrected chi connectivity index (χ4v) is 4.68. The van der Waals surface area contributed by atoms with Gasteiger partial charge in [0.05, 0.1) is 11.6 Å². The highest BCUT2D eigenvalue weighted by molar-refractivity contribution is 6.23. The molecule has 240 valence electrons. The average Bonchev–Trinajstić information content (AvgIpc) is 2.94. The van der Waals surface area contributed by atoms with Crippen LogP contribution in [0.3, 0.4) is 0 Å². The van der Waals surface area contributed by atoms with Crippen LogP contribution in [0.25, 0.3) is 0 Å². The number of hydrogen-bond donors (Lipinski definition) is 3. The molecule has 0 spiro atoms. The Balaban J connectivity index is 2.09. The van der Waals surface area contributed by atoms with E-state index in [1.54, 1.807) is 25.7 Å². The molecule has 14 nitrogen and oxygen atoms in total. The van der Waals surface area contributed by atoms with Gasteiger partial charge < -0.3 is 30.2 Å². The van der Waals surface area contributed by atoms with Gasteiger partial charge in [-0.3, -0.25) is 24.6 Å². The minimum atomic E-state index is -1.45. The Kier molecular flexibility index (Phi) is 12.2. The normalized spacial score (nSPS) is 18.3. The van der Waals surface area contributed by atoms with E-state index in [1.807, 2.05) is 20.8 Å². The van der Waals surface area contributed by atoms with E-state index in [-0.39, 0.29) is 41.3 Å². The van der Waals surface area contributed by atoms with Gasteiger partial charge in [-0.15, -0.1) is 0 Å². The summed E-state index contributed by atoms with van der Waals surface area (Å²) in [4.78, 5) is 84.2. The van der Waals surface area contributed by atoms with E-state index >= 15 is 0 Å². The molecule has 0 saturated carbocycles. The number of rotatable bonds is 10. The summed E-state index contributed by atoms with van der Waals surface area (Å²) >= 11 is 0. The van der Waals surface area contributed by atoms with Crippen molar-refractivity contribution in [3.63, 3.8) is 0 Å². The van der Waals surface area contributed by atoms with Gasteiger partial charge in [-0.05, 0) is 38.3 Å². The van der Waals surface area contributed by atoms with Crippen molar-refractivity contribution in [1.29, 1.82) is 5.41 Å². The molecule has 14 heteroatoms. The first kappa shape index (κ1) is 35.9. The number of hydrogen-bond acceptors (Lipinski definition) is 12. The topological polar surface area (TPSA) is 212 Å². The number of carbonyl (C=O) groups excluding carboxylic acids is 7. The number of esters is 3. The lowest BCUT2D eigenvalue weighted by molar-refractivity contribution is -0.175. The molecule has 3 unspecified atom stereocenters. The third-order valence-corrected chi connectivity index (χ3v) is 6.72. The molecule has 0 radical (unpaired) electrons. The molecule has 44 heavy (non-hydrogen) atoms. The van der Waals surface area contributed by atoms with Crippen molar-refractivity contribution in [2.45, 2.75) is 90.7 Å². The average molecular weight is 617 g/mol. The fourth-order valence-electron chi connectivity index (χ4n) is 4.68. The standard InChI is InChI=1S/C30H40N4O10/c1-29(2,3)22-13-19(42-23(37)15-35)11-12-34(22)27(40)18-9-7-17(8-10-18)25(32)33-26(39)20(31)14-21(44-30(4,5)6)28(41)43-24(38)16-36/h7-10,15-16,19-22H,11-14,31H2,1-6H3,(H2,32,33,39)/t19?,20-,21?,22?/m0/s1. The molecule has 2 rings (SSSR count). The third kappa shape index (κ3) is 10.5. The summed E-state index contributed by atoms with van der Waals surface area (Å²) in [5, 5.41) is 10.7. The van der Waals surface area contributed by atoms with Crippen molar-refractivity contribution in [1.82, 2.24) is 10.2 Å². The Bertz CT molecular complexity index is 1280. The van der Waals surface area contributed by atoms with Crippen molar-refractivity contribution in [2.24, 2.45) is 11.1 Å². The van der Waals surface area contributed by atoms with Crippen LogP contribution in [0.1, 0.15) is 76.7 Å². The Labute approximate surface area is 255 Å². The maximum absolute atomic E-state index is 13.5. The summed E-state index contributed by atoms with van der Waals surface area (Å²) < 4.78 is 15.2. The molecule has 1 aliphatic rings. The SMILES string of the molecule is CC(C)(C)OC(C[C@H](N)C(=O)NC(=N)c1ccc(C(=O)N2CCC(OC(=O)C=O)CC2C(C)(C)C)cc1)C(=O)OC(=O)C=O. The molecule has 1 aromatic carbocycles. The number of benzene rings is 1. The zero-order valence-corrected chi connectivity index (χ0v) is 25.7. The van der Waals surface area contributed by atoms with Crippen LogP contribution >= 0.6 is 0 Å². The Morgan fingerprint density at radius 1 is 1.00 bits per heavy atom. The van der Waals surface area contributed by atoms with Crippen LogP contribution in [0, 0.1) is 10.8 Å². The number of ether oxygens (including phenoxy) is 3. The number of amides is 2. The molecule has 0 aliphatic carbocycles. The van der Waals surface area contributed by atoms with Gasteiger partial charge in [0, 0.05) is 43.0 Å². The maximum Gasteiger partial charge on any atom is 0.379 e. The predicted octanol–water partition coefficient (Wildman–Crippen LogP) is 1.06. The van der Waals surface area contributed by atoms with Gasteiger partial charge in [-0.2, -0.15) is 0 Å². The van der Waals surface area contributed by atoms with Crippen molar-refractivity contribution >= 4 is 48.1 Å². The summed E-state index contributed by atoms with van der Waals surface area (Å²) in [5.74, 6) is -4.95. The Morgan fingerprint density at radius 2 is 1.57 bits per heavy atom. The van der Waals surface area contributed by atoms with Gasteiger partial charge in [-0.1, -0.05) is 32.9 Å². The summed E-state index contributed by atoms with van der Waals surface area (Å²) in [6, 6.07) is 4.37. The van der Waals surface area contributed by atoms with Crippen LogP contribution in [0.2, 0.25) is 0 Å². The highest BCUT2D eigenvalue weighted by Crippen LogP contribution is 2.34. The summed E-state index contributed by atoms with van der Waals surface area (Å²) in [6.07, 6.45) is -1.66. The van der Waals surface area contributed by atoms with Gasteiger partial charge in [0.15, 0.2) is 6.10 Å². The monoisotopic (exact) mass is 616 g/mol. The van der Waals surface area contributed by atoms with Crippen molar-refractivity contribution in [3.05, 3.63) is 35.4 Å². The molecule has 1 saturated heterocycles. The highest BCUT2D eigenvalue weighted by Gasteiger charge is 2.40. The van der Waals surface area contributed by atoms with Crippen LogP contribution in [-0.4, -0.2) is 89.5 Å². The minimum Gasteiger partial charge on any atom is -0.457 e. The van der Waals surface area contributed by atoms with E-state index in [9.17, 15) is 33.6 Å². The van der Waals surface area contributed by atoms with Crippen molar-refractivity contribution in [2.75, 3.05) is 6.54 Å². The van der Waals surface area contributed by atoms with Gasteiger partial charge >= 0.3 is 17.9 Å². The predicted molar refractivity (Wildman–Crippen MR) is 155 cm³/mol. The summed E-state index contributed by atoms with van der Waals surface area (Å²) in [5.41, 5.74) is 5.33. The van der Waals surface area contributed by atoms with Crippen molar-refractivity contribution < 1.29 is 47.8 Å². The molecule has 1 aromatic rings. The number of nitrogens with two attached hydrogens (primary N) is 1. The van der Waals surface area contributed by atoms with Crippen LogP contribution < -0.4 is 11.1 Å².